The van der Waals surface area contributed by atoms with Crippen LogP contribution in [0.3, 0.4) is 0 Å². The Balaban J connectivity index is 2.39. The van der Waals surface area contributed by atoms with Crippen molar-refractivity contribution >= 4 is 28.3 Å². The number of amides is 1. The predicted molar refractivity (Wildman–Crippen MR) is 74.3 cm³/mol. The molecule has 2 aromatic carbocycles. The molecule has 0 radical (unpaired) electrons. The van der Waals surface area contributed by atoms with E-state index >= 15 is 0 Å². The third kappa shape index (κ3) is 2.63. The summed E-state index contributed by atoms with van der Waals surface area (Å²) in [6.07, 6.45) is 0.832. The van der Waals surface area contributed by atoms with Gasteiger partial charge in [0.1, 0.15) is 0 Å². The van der Waals surface area contributed by atoms with Crippen LogP contribution < -0.4 is 11.5 Å². The molecule has 4 N–H and O–H groups in total. The van der Waals surface area contributed by atoms with Crippen LogP contribution in [0.4, 0.5) is 0 Å². The molecule has 0 saturated heterocycles. The van der Waals surface area contributed by atoms with Gasteiger partial charge in [-0.25, -0.2) is 0 Å². The summed E-state index contributed by atoms with van der Waals surface area (Å²) < 4.78 is 0. The molecule has 1 unspecified atom stereocenters. The normalized spacial score (nSPS) is 12.6. The van der Waals surface area contributed by atoms with E-state index in [1.165, 1.54) is 0 Å². The maximum atomic E-state index is 10.8. The molecule has 4 heteroatoms. The van der Waals surface area contributed by atoms with Crippen LogP contribution in [-0.2, 0) is 4.79 Å². The lowest BCUT2D eigenvalue weighted by molar-refractivity contribution is -0.118. The molecule has 0 aromatic heterocycles. The van der Waals surface area contributed by atoms with E-state index < -0.39 is 0 Å². The quantitative estimate of drug-likeness (QED) is 0.890. The van der Waals surface area contributed by atoms with Crippen molar-refractivity contribution in [3.8, 4) is 0 Å². The Bertz CT molecular complexity index is 583. The van der Waals surface area contributed by atoms with Gasteiger partial charge in [0.25, 0.3) is 0 Å². The largest absolute Gasteiger partial charge is 0.370 e. The smallest absolute Gasteiger partial charge is 0.217 e. The maximum absolute atomic E-state index is 10.8. The fraction of sp³-hybridized carbons (Fsp3) is 0.214. The average Bonchev–Trinajstić information content (AvgIpc) is 2.37. The first-order valence-electron chi connectivity index (χ1n) is 5.80. The molecule has 1 amide bonds. The van der Waals surface area contributed by atoms with E-state index in [-0.39, 0.29) is 18.4 Å². The highest BCUT2D eigenvalue weighted by Crippen LogP contribution is 2.30. The minimum Gasteiger partial charge on any atom is -0.370 e. The number of benzene rings is 2. The second kappa shape index (κ2) is 5.38. The first kappa shape index (κ1) is 12.9. The van der Waals surface area contributed by atoms with Crippen molar-refractivity contribution in [2.45, 2.75) is 18.9 Å². The molecule has 18 heavy (non-hydrogen) atoms. The van der Waals surface area contributed by atoms with Crippen molar-refractivity contribution in [3.05, 3.63) is 47.0 Å². The number of hydrogen-bond acceptors (Lipinski definition) is 2. The lowest BCUT2D eigenvalue weighted by atomic mass is 9.96. The Morgan fingerprint density at radius 1 is 1.17 bits per heavy atom. The minimum atomic E-state index is -0.330. The van der Waals surface area contributed by atoms with Crippen LogP contribution in [-0.4, -0.2) is 5.91 Å². The molecule has 0 heterocycles. The zero-order valence-corrected chi connectivity index (χ0v) is 10.7. The topological polar surface area (TPSA) is 69.1 Å². The molecule has 0 aliphatic rings. The van der Waals surface area contributed by atoms with Gasteiger partial charge in [0.2, 0.25) is 5.91 Å². The van der Waals surface area contributed by atoms with E-state index in [4.69, 9.17) is 23.1 Å². The van der Waals surface area contributed by atoms with Crippen molar-refractivity contribution < 1.29 is 4.79 Å². The Morgan fingerprint density at radius 3 is 2.50 bits per heavy atom. The highest BCUT2D eigenvalue weighted by atomic mass is 35.5. The van der Waals surface area contributed by atoms with Gasteiger partial charge in [0.15, 0.2) is 0 Å². The van der Waals surface area contributed by atoms with Crippen LogP contribution >= 0.6 is 11.6 Å². The summed E-state index contributed by atoms with van der Waals surface area (Å²) in [5.41, 5.74) is 12.2. The van der Waals surface area contributed by atoms with Gasteiger partial charge in [-0.2, -0.15) is 0 Å². The van der Waals surface area contributed by atoms with Crippen LogP contribution in [0.1, 0.15) is 24.4 Å². The molecule has 0 aliphatic carbocycles. The number of halogens is 1. The van der Waals surface area contributed by atoms with Crippen LogP contribution in [0.5, 0.6) is 0 Å². The van der Waals surface area contributed by atoms with Gasteiger partial charge in [-0.05, 0) is 23.4 Å². The van der Waals surface area contributed by atoms with Gasteiger partial charge in [-0.3, -0.25) is 4.79 Å². The van der Waals surface area contributed by atoms with Crippen molar-refractivity contribution in [2.75, 3.05) is 0 Å². The first-order chi connectivity index (χ1) is 8.59. The number of carbonyl (C=O) groups is 1. The molecule has 0 aliphatic heterocycles. The standard InChI is InChI=1S/C14H15ClN2O/c15-12-6-5-11(13(16)7-8-14(17)18)9-3-1-2-4-10(9)12/h1-6,13H,7-8,16H2,(H2,17,18). The van der Waals surface area contributed by atoms with Crippen LogP contribution in [0.25, 0.3) is 10.8 Å². The van der Waals surface area contributed by atoms with E-state index in [9.17, 15) is 4.79 Å². The molecule has 94 valence electrons. The number of fused-ring (bicyclic) bond motifs is 1. The van der Waals surface area contributed by atoms with Crippen molar-refractivity contribution in [2.24, 2.45) is 11.5 Å². The molecule has 0 bridgehead atoms. The molecule has 2 rings (SSSR count). The Morgan fingerprint density at radius 2 is 1.83 bits per heavy atom. The molecule has 1 atom stereocenters. The second-order valence-corrected chi connectivity index (χ2v) is 4.70. The summed E-state index contributed by atoms with van der Waals surface area (Å²) >= 11 is 6.15. The third-order valence-electron chi connectivity index (χ3n) is 3.01. The van der Waals surface area contributed by atoms with Crippen LogP contribution in [0.2, 0.25) is 5.02 Å². The highest BCUT2D eigenvalue weighted by molar-refractivity contribution is 6.35. The van der Waals surface area contributed by atoms with Gasteiger partial charge in [0, 0.05) is 22.9 Å². The molecule has 0 saturated carbocycles. The SMILES string of the molecule is NC(=O)CCC(N)c1ccc(Cl)c2ccccc12. The van der Waals surface area contributed by atoms with E-state index in [2.05, 4.69) is 0 Å². The monoisotopic (exact) mass is 262 g/mol. The van der Waals surface area contributed by atoms with E-state index in [1.54, 1.807) is 0 Å². The average molecular weight is 263 g/mol. The van der Waals surface area contributed by atoms with Gasteiger partial charge in [-0.1, -0.05) is 41.9 Å². The second-order valence-electron chi connectivity index (χ2n) is 4.29. The van der Waals surface area contributed by atoms with Crippen molar-refractivity contribution in [1.29, 1.82) is 0 Å². The molecule has 3 nitrogen and oxygen atoms in total. The van der Waals surface area contributed by atoms with Crippen molar-refractivity contribution in [1.82, 2.24) is 0 Å². The van der Waals surface area contributed by atoms with Crippen molar-refractivity contribution in [3.63, 3.8) is 0 Å². The zero-order valence-electron chi connectivity index (χ0n) is 9.90. The van der Waals surface area contributed by atoms with Gasteiger partial charge < -0.3 is 11.5 Å². The fourth-order valence-corrected chi connectivity index (χ4v) is 2.29. The summed E-state index contributed by atoms with van der Waals surface area (Å²) in [5.74, 6) is -0.330. The lowest BCUT2D eigenvalue weighted by Crippen LogP contribution is -2.16. The van der Waals surface area contributed by atoms with Crippen LogP contribution in [0.15, 0.2) is 36.4 Å². The number of rotatable bonds is 4. The Hall–Kier alpha value is -1.58. The third-order valence-corrected chi connectivity index (χ3v) is 3.34. The van der Waals surface area contributed by atoms with Gasteiger partial charge >= 0.3 is 0 Å². The number of nitrogens with two attached hydrogens (primary N) is 2. The Labute approximate surface area is 111 Å². The van der Waals surface area contributed by atoms with E-state index in [0.29, 0.717) is 11.4 Å². The van der Waals surface area contributed by atoms with Gasteiger partial charge in [-0.15, -0.1) is 0 Å². The highest BCUT2D eigenvalue weighted by Gasteiger charge is 2.12. The molecule has 0 spiro atoms. The fourth-order valence-electron chi connectivity index (χ4n) is 2.06. The minimum absolute atomic E-state index is 0.209. The van der Waals surface area contributed by atoms with E-state index in [0.717, 1.165) is 16.3 Å². The summed E-state index contributed by atoms with van der Waals surface area (Å²) in [6, 6.07) is 11.4. The molecule has 2 aromatic rings. The Kier molecular flexibility index (Phi) is 3.84. The zero-order chi connectivity index (χ0) is 13.1. The van der Waals surface area contributed by atoms with E-state index in [1.807, 2.05) is 36.4 Å². The maximum Gasteiger partial charge on any atom is 0.217 e. The summed E-state index contributed by atoms with van der Waals surface area (Å²) in [7, 11) is 0. The summed E-state index contributed by atoms with van der Waals surface area (Å²) in [4.78, 5) is 10.8. The molecule has 0 fully saturated rings. The summed E-state index contributed by atoms with van der Waals surface area (Å²) in [6.45, 7) is 0. The van der Waals surface area contributed by atoms with Gasteiger partial charge in [0.05, 0.1) is 0 Å². The lowest BCUT2D eigenvalue weighted by Gasteiger charge is -2.14. The predicted octanol–water partition coefficient (Wildman–Crippen LogP) is 2.76. The number of carbonyl (C=O) groups excluding carboxylic acids is 1. The molecular weight excluding hydrogens is 248 g/mol. The summed E-state index contributed by atoms with van der Waals surface area (Å²) in [5, 5.41) is 2.71. The first-order valence-corrected chi connectivity index (χ1v) is 6.18. The number of primary amides is 1. The number of hydrogen-bond donors (Lipinski definition) is 2. The molecular formula is C14H15ClN2O. The van der Waals surface area contributed by atoms with Crippen LogP contribution in [0, 0.1) is 0 Å².